The molecule has 5 heteroatoms. The van der Waals surface area contributed by atoms with Crippen LogP contribution in [0.15, 0.2) is 6.20 Å². The molecule has 0 bridgehead atoms. The fourth-order valence-corrected chi connectivity index (χ4v) is 3.57. The third-order valence-corrected chi connectivity index (χ3v) is 4.61. The summed E-state index contributed by atoms with van der Waals surface area (Å²) in [5.41, 5.74) is 1.26. The van der Waals surface area contributed by atoms with Crippen LogP contribution in [0.5, 0.6) is 0 Å². The number of fused-ring (bicyclic) bond motifs is 1. The fourth-order valence-electron chi connectivity index (χ4n) is 3.57. The highest BCUT2D eigenvalue weighted by Crippen LogP contribution is 2.28. The average molecular weight is 263 g/mol. The topological polar surface area (TPSA) is 36.3 Å². The summed E-state index contributed by atoms with van der Waals surface area (Å²) < 4.78 is 2.17. The van der Waals surface area contributed by atoms with Gasteiger partial charge in [0.2, 0.25) is 5.95 Å². The smallest absolute Gasteiger partial charge is 0.204 e. The van der Waals surface area contributed by atoms with E-state index in [0.717, 1.165) is 18.5 Å². The van der Waals surface area contributed by atoms with E-state index in [0.29, 0.717) is 6.04 Å². The number of hydrogen-bond acceptors (Lipinski definition) is 4. The van der Waals surface area contributed by atoms with Crippen molar-refractivity contribution in [1.82, 2.24) is 19.8 Å². The third-order valence-electron chi connectivity index (χ3n) is 4.61. The first kappa shape index (κ1) is 12.9. The molecule has 0 saturated carbocycles. The van der Waals surface area contributed by atoms with Crippen molar-refractivity contribution in [2.75, 3.05) is 32.1 Å². The number of nitrogens with one attached hydrogen (secondary N) is 1. The van der Waals surface area contributed by atoms with Crippen molar-refractivity contribution in [2.45, 2.75) is 37.9 Å². The lowest BCUT2D eigenvalue weighted by atomic mass is 10.1. The third kappa shape index (κ3) is 2.37. The van der Waals surface area contributed by atoms with E-state index in [1.165, 1.54) is 38.0 Å². The van der Waals surface area contributed by atoms with E-state index in [1.807, 2.05) is 20.3 Å². The van der Waals surface area contributed by atoms with Crippen LogP contribution in [-0.2, 0) is 13.6 Å². The molecule has 106 valence electrons. The number of imidazole rings is 1. The van der Waals surface area contributed by atoms with Crippen LogP contribution in [0.4, 0.5) is 5.95 Å². The van der Waals surface area contributed by atoms with Crippen molar-refractivity contribution >= 4 is 5.95 Å². The molecule has 2 fully saturated rings. The van der Waals surface area contributed by atoms with Gasteiger partial charge in [0.1, 0.15) is 0 Å². The normalized spacial score (nSPS) is 26.9. The van der Waals surface area contributed by atoms with E-state index in [2.05, 4.69) is 31.7 Å². The second-order valence-corrected chi connectivity index (χ2v) is 6.02. The molecular formula is C14H25N5. The summed E-state index contributed by atoms with van der Waals surface area (Å²) in [6.45, 7) is 3.50. The molecule has 1 aromatic rings. The van der Waals surface area contributed by atoms with E-state index < -0.39 is 0 Å². The summed E-state index contributed by atoms with van der Waals surface area (Å²) in [5, 5.41) is 3.74. The van der Waals surface area contributed by atoms with Crippen molar-refractivity contribution in [3.63, 3.8) is 0 Å². The van der Waals surface area contributed by atoms with Gasteiger partial charge in [-0.15, -0.1) is 0 Å². The highest BCUT2D eigenvalue weighted by molar-refractivity contribution is 5.30. The van der Waals surface area contributed by atoms with E-state index in [-0.39, 0.29) is 0 Å². The molecule has 0 aliphatic carbocycles. The molecule has 0 amide bonds. The quantitative estimate of drug-likeness (QED) is 0.872. The Balaban J connectivity index is 1.60. The van der Waals surface area contributed by atoms with Crippen molar-refractivity contribution < 1.29 is 0 Å². The Morgan fingerprint density at radius 1 is 1.37 bits per heavy atom. The minimum atomic E-state index is 0.667. The van der Waals surface area contributed by atoms with Crippen LogP contribution >= 0.6 is 0 Å². The molecule has 2 aliphatic heterocycles. The van der Waals surface area contributed by atoms with Gasteiger partial charge in [0, 0.05) is 46.3 Å². The van der Waals surface area contributed by atoms with Crippen LogP contribution in [0, 0.1) is 0 Å². The lowest BCUT2D eigenvalue weighted by Gasteiger charge is -2.21. The minimum absolute atomic E-state index is 0.667. The van der Waals surface area contributed by atoms with Gasteiger partial charge in [-0.05, 0) is 25.8 Å². The predicted molar refractivity (Wildman–Crippen MR) is 77.4 cm³/mol. The van der Waals surface area contributed by atoms with Crippen molar-refractivity contribution in [1.29, 1.82) is 0 Å². The summed E-state index contributed by atoms with van der Waals surface area (Å²) in [4.78, 5) is 9.16. The zero-order valence-corrected chi connectivity index (χ0v) is 12.3. The Morgan fingerprint density at radius 3 is 2.95 bits per heavy atom. The molecule has 5 nitrogen and oxygen atoms in total. The summed E-state index contributed by atoms with van der Waals surface area (Å²) in [6.07, 6.45) is 6.03. The minimum Gasteiger partial charge on any atom is -0.348 e. The van der Waals surface area contributed by atoms with Gasteiger partial charge in [0.05, 0.1) is 11.9 Å². The molecular weight excluding hydrogens is 238 g/mol. The molecule has 19 heavy (non-hydrogen) atoms. The molecule has 2 saturated heterocycles. The monoisotopic (exact) mass is 263 g/mol. The maximum absolute atomic E-state index is 4.47. The number of rotatable bonds is 4. The highest BCUT2D eigenvalue weighted by atomic mass is 15.3. The lowest BCUT2D eigenvalue weighted by Crippen LogP contribution is -2.39. The Hall–Kier alpha value is -1.07. The summed E-state index contributed by atoms with van der Waals surface area (Å²) in [6, 6.07) is 1.45. The van der Waals surface area contributed by atoms with E-state index in [9.17, 15) is 0 Å². The van der Waals surface area contributed by atoms with Crippen LogP contribution in [0.3, 0.4) is 0 Å². The Kier molecular flexibility index (Phi) is 3.50. The molecule has 1 aromatic heterocycles. The number of nitrogens with zero attached hydrogens (tertiary/aromatic N) is 4. The molecule has 1 N–H and O–H groups in total. The summed E-state index contributed by atoms with van der Waals surface area (Å²) in [7, 11) is 6.16. The van der Waals surface area contributed by atoms with Gasteiger partial charge < -0.3 is 14.8 Å². The molecule has 2 atom stereocenters. The predicted octanol–water partition coefficient (Wildman–Crippen LogP) is 0.812. The van der Waals surface area contributed by atoms with Crippen molar-refractivity contribution in [2.24, 2.45) is 7.05 Å². The van der Waals surface area contributed by atoms with E-state index in [1.54, 1.807) is 0 Å². The number of aromatic nitrogens is 2. The summed E-state index contributed by atoms with van der Waals surface area (Å²) in [5.74, 6) is 1.02. The zero-order valence-electron chi connectivity index (χ0n) is 12.3. The molecule has 0 aromatic carbocycles. The first-order valence-electron chi connectivity index (χ1n) is 7.32. The van der Waals surface area contributed by atoms with Crippen molar-refractivity contribution in [3.8, 4) is 0 Å². The molecule has 0 radical (unpaired) electrons. The Morgan fingerprint density at radius 2 is 2.21 bits per heavy atom. The molecule has 2 unspecified atom stereocenters. The SMILES string of the molecule is CN(C)c1ncc(CNC2CCN3CCCC23)n1C. The largest absolute Gasteiger partial charge is 0.348 e. The van der Waals surface area contributed by atoms with Gasteiger partial charge in [-0.1, -0.05) is 0 Å². The van der Waals surface area contributed by atoms with Gasteiger partial charge in [-0.2, -0.15) is 0 Å². The molecule has 3 heterocycles. The second kappa shape index (κ2) is 5.13. The van der Waals surface area contributed by atoms with Crippen LogP contribution in [-0.4, -0.2) is 53.7 Å². The number of anilines is 1. The van der Waals surface area contributed by atoms with Crippen LogP contribution in [0.25, 0.3) is 0 Å². The summed E-state index contributed by atoms with van der Waals surface area (Å²) >= 11 is 0. The highest BCUT2D eigenvalue weighted by Gasteiger charge is 2.36. The molecule has 3 rings (SSSR count). The van der Waals surface area contributed by atoms with E-state index >= 15 is 0 Å². The number of hydrogen-bond donors (Lipinski definition) is 1. The second-order valence-electron chi connectivity index (χ2n) is 6.02. The van der Waals surface area contributed by atoms with Crippen LogP contribution in [0.1, 0.15) is 25.0 Å². The zero-order chi connectivity index (χ0) is 13.4. The van der Waals surface area contributed by atoms with Gasteiger partial charge in [0.15, 0.2) is 0 Å². The van der Waals surface area contributed by atoms with Gasteiger partial charge in [-0.3, -0.25) is 4.90 Å². The Bertz CT molecular complexity index is 439. The molecule has 0 spiro atoms. The lowest BCUT2D eigenvalue weighted by molar-refractivity contribution is 0.298. The van der Waals surface area contributed by atoms with Gasteiger partial charge >= 0.3 is 0 Å². The van der Waals surface area contributed by atoms with Gasteiger partial charge in [0.25, 0.3) is 0 Å². The average Bonchev–Trinajstić information content (AvgIpc) is 3.02. The van der Waals surface area contributed by atoms with Gasteiger partial charge in [-0.25, -0.2) is 4.98 Å². The maximum atomic E-state index is 4.47. The maximum Gasteiger partial charge on any atom is 0.204 e. The molecule has 2 aliphatic rings. The van der Waals surface area contributed by atoms with Crippen LogP contribution in [0.2, 0.25) is 0 Å². The van der Waals surface area contributed by atoms with Crippen LogP contribution < -0.4 is 10.2 Å². The van der Waals surface area contributed by atoms with Crippen molar-refractivity contribution in [3.05, 3.63) is 11.9 Å². The first-order chi connectivity index (χ1) is 9.16. The van der Waals surface area contributed by atoms with E-state index in [4.69, 9.17) is 0 Å². The first-order valence-corrected chi connectivity index (χ1v) is 7.32. The fraction of sp³-hybridized carbons (Fsp3) is 0.786. The Labute approximate surface area is 115 Å². The standard InChI is InChI=1S/C14H25N5/c1-17(2)14-16-10-11(18(14)3)9-15-12-6-8-19-7-4-5-13(12)19/h10,12-13,15H,4-9H2,1-3H3.